The highest BCUT2D eigenvalue weighted by Gasteiger charge is 2.38. The minimum atomic E-state index is 0. The van der Waals surface area contributed by atoms with Crippen molar-refractivity contribution in [2.75, 3.05) is 32.8 Å². The molecule has 4 nitrogen and oxygen atoms in total. The van der Waals surface area contributed by atoms with Gasteiger partial charge in [0.2, 0.25) is 5.91 Å². The van der Waals surface area contributed by atoms with E-state index in [1.165, 1.54) is 0 Å². The average Bonchev–Trinajstić information content (AvgIpc) is 2.42. The summed E-state index contributed by atoms with van der Waals surface area (Å²) in [7, 11) is 0. The van der Waals surface area contributed by atoms with E-state index in [9.17, 15) is 4.79 Å². The van der Waals surface area contributed by atoms with Gasteiger partial charge in [-0.15, -0.1) is 12.4 Å². The predicted octanol–water partition coefficient (Wildman–Crippen LogP) is 1.83. The van der Waals surface area contributed by atoms with Gasteiger partial charge in [-0.05, 0) is 25.7 Å². The number of rotatable bonds is 3. The summed E-state index contributed by atoms with van der Waals surface area (Å²) >= 11 is 0. The summed E-state index contributed by atoms with van der Waals surface area (Å²) in [5.74, 6) is 0.558. The number of ether oxygens (including phenoxy) is 1. The van der Waals surface area contributed by atoms with Gasteiger partial charge in [-0.3, -0.25) is 4.79 Å². The smallest absolute Gasteiger partial charge is 0.225 e. The van der Waals surface area contributed by atoms with Crippen molar-refractivity contribution < 1.29 is 9.53 Å². The van der Waals surface area contributed by atoms with Crippen molar-refractivity contribution in [3.8, 4) is 0 Å². The third-order valence-corrected chi connectivity index (χ3v) is 4.46. The molecule has 0 saturated carbocycles. The highest BCUT2D eigenvalue weighted by molar-refractivity contribution is 5.85. The molecule has 2 saturated heterocycles. The molecule has 112 valence electrons. The quantitative estimate of drug-likeness (QED) is 0.862. The monoisotopic (exact) mass is 290 g/mol. The Morgan fingerprint density at radius 3 is 2.42 bits per heavy atom. The fraction of sp³-hybridized carbons (Fsp3) is 0.929. The van der Waals surface area contributed by atoms with Gasteiger partial charge in [-0.2, -0.15) is 0 Å². The molecule has 2 aliphatic heterocycles. The number of morpholine rings is 1. The first-order valence-electron chi connectivity index (χ1n) is 7.34. The molecule has 0 bridgehead atoms. The van der Waals surface area contributed by atoms with E-state index in [4.69, 9.17) is 4.74 Å². The number of likely N-dealkylation sites (tertiary alicyclic amines) is 1. The summed E-state index contributed by atoms with van der Waals surface area (Å²) in [6, 6.07) is 0. The van der Waals surface area contributed by atoms with Crippen molar-refractivity contribution in [3.05, 3.63) is 0 Å². The van der Waals surface area contributed by atoms with Crippen molar-refractivity contribution in [1.82, 2.24) is 10.2 Å². The number of piperidine rings is 1. The number of halogens is 1. The van der Waals surface area contributed by atoms with Crippen LogP contribution in [-0.2, 0) is 9.53 Å². The second kappa shape index (κ2) is 7.46. The fourth-order valence-corrected chi connectivity index (χ4v) is 3.06. The Balaban J connectivity index is 0.00000180. The molecule has 1 amide bonds. The van der Waals surface area contributed by atoms with Crippen LogP contribution in [0.1, 0.15) is 39.5 Å². The Morgan fingerprint density at radius 2 is 1.95 bits per heavy atom. The van der Waals surface area contributed by atoms with Crippen molar-refractivity contribution in [1.29, 1.82) is 0 Å². The lowest BCUT2D eigenvalue weighted by Crippen LogP contribution is -2.56. The summed E-state index contributed by atoms with van der Waals surface area (Å²) in [6.07, 6.45) is 3.86. The first kappa shape index (κ1) is 16.7. The van der Waals surface area contributed by atoms with Crippen LogP contribution in [0.2, 0.25) is 0 Å². The zero-order valence-electron chi connectivity index (χ0n) is 12.1. The fourth-order valence-electron chi connectivity index (χ4n) is 3.06. The van der Waals surface area contributed by atoms with E-state index in [2.05, 4.69) is 19.2 Å². The molecule has 0 aromatic rings. The number of hydrogen-bond donors (Lipinski definition) is 1. The molecule has 0 atom stereocenters. The zero-order chi connectivity index (χ0) is 13.0. The van der Waals surface area contributed by atoms with Gasteiger partial charge < -0.3 is 15.0 Å². The second-order valence-electron chi connectivity index (χ2n) is 5.55. The van der Waals surface area contributed by atoms with Gasteiger partial charge in [0.15, 0.2) is 0 Å². The van der Waals surface area contributed by atoms with Crippen LogP contribution < -0.4 is 5.32 Å². The third-order valence-electron chi connectivity index (χ3n) is 4.46. The Kier molecular flexibility index (Phi) is 6.57. The molecule has 0 aromatic carbocycles. The first-order chi connectivity index (χ1) is 8.71. The van der Waals surface area contributed by atoms with Gasteiger partial charge in [0.25, 0.3) is 0 Å². The molecule has 19 heavy (non-hydrogen) atoms. The van der Waals surface area contributed by atoms with Crippen LogP contribution in [0.3, 0.4) is 0 Å². The molecule has 0 aliphatic carbocycles. The van der Waals surface area contributed by atoms with E-state index < -0.39 is 0 Å². The summed E-state index contributed by atoms with van der Waals surface area (Å²) < 4.78 is 5.95. The Morgan fingerprint density at radius 1 is 1.32 bits per heavy atom. The number of nitrogens with one attached hydrogen (secondary N) is 1. The van der Waals surface area contributed by atoms with Crippen LogP contribution in [0.4, 0.5) is 0 Å². The molecule has 1 N–H and O–H groups in total. The highest BCUT2D eigenvalue weighted by atomic mass is 35.5. The number of amides is 1. The molecule has 0 aromatic heterocycles. The van der Waals surface area contributed by atoms with Crippen LogP contribution in [0, 0.1) is 5.92 Å². The molecule has 0 unspecified atom stereocenters. The highest BCUT2D eigenvalue weighted by Crippen LogP contribution is 2.28. The van der Waals surface area contributed by atoms with Crippen molar-refractivity contribution >= 4 is 18.3 Å². The number of nitrogens with zero attached hydrogens (tertiary/aromatic N) is 1. The Labute approximate surface area is 122 Å². The lowest BCUT2D eigenvalue weighted by Gasteiger charge is -2.44. The molecular formula is C14H27ClN2O2. The standard InChI is InChI=1S/C14H26N2O2.ClH/c1-3-12(4-2)13(17)16-8-5-14(6-9-16)11-15-7-10-18-14;/h12,15H,3-11H2,1-2H3;1H. The molecule has 5 heteroatoms. The SMILES string of the molecule is CCC(CC)C(=O)N1CCC2(CC1)CNCCO2.Cl. The third kappa shape index (κ3) is 3.83. The van der Waals surface area contributed by atoms with Crippen molar-refractivity contribution in [3.63, 3.8) is 0 Å². The first-order valence-corrected chi connectivity index (χ1v) is 7.34. The maximum Gasteiger partial charge on any atom is 0.225 e. The number of carbonyl (C=O) groups excluding carboxylic acids is 1. The van der Waals surface area contributed by atoms with Gasteiger partial charge in [-0.25, -0.2) is 0 Å². The topological polar surface area (TPSA) is 41.6 Å². The normalized spacial score (nSPS) is 22.4. The molecule has 2 fully saturated rings. The predicted molar refractivity (Wildman–Crippen MR) is 78.7 cm³/mol. The molecule has 0 radical (unpaired) electrons. The van der Waals surface area contributed by atoms with E-state index in [0.717, 1.165) is 58.5 Å². The lowest BCUT2D eigenvalue weighted by atomic mass is 9.89. The molecular weight excluding hydrogens is 264 g/mol. The average molecular weight is 291 g/mol. The maximum absolute atomic E-state index is 12.3. The van der Waals surface area contributed by atoms with Crippen LogP contribution in [-0.4, -0.2) is 49.2 Å². The summed E-state index contributed by atoms with van der Waals surface area (Å²) in [4.78, 5) is 14.3. The van der Waals surface area contributed by atoms with Crippen LogP contribution >= 0.6 is 12.4 Å². The van der Waals surface area contributed by atoms with Gasteiger partial charge in [0.05, 0.1) is 12.2 Å². The van der Waals surface area contributed by atoms with Crippen LogP contribution in [0.5, 0.6) is 0 Å². The maximum atomic E-state index is 12.3. The number of hydrogen-bond acceptors (Lipinski definition) is 3. The van der Waals surface area contributed by atoms with Gasteiger partial charge in [-0.1, -0.05) is 13.8 Å². The largest absolute Gasteiger partial charge is 0.372 e. The zero-order valence-corrected chi connectivity index (χ0v) is 12.9. The van der Waals surface area contributed by atoms with Gasteiger partial charge in [0.1, 0.15) is 0 Å². The minimum absolute atomic E-state index is 0. The minimum Gasteiger partial charge on any atom is -0.372 e. The van der Waals surface area contributed by atoms with Gasteiger partial charge in [0, 0.05) is 32.1 Å². The number of carbonyl (C=O) groups is 1. The van der Waals surface area contributed by atoms with E-state index >= 15 is 0 Å². The summed E-state index contributed by atoms with van der Waals surface area (Å²) in [5, 5.41) is 3.41. The molecule has 1 spiro atoms. The summed E-state index contributed by atoms with van der Waals surface area (Å²) in [5.41, 5.74) is 0.00293. The lowest BCUT2D eigenvalue weighted by molar-refractivity contribution is -0.144. The Hall–Kier alpha value is -0.320. The van der Waals surface area contributed by atoms with Crippen molar-refractivity contribution in [2.45, 2.75) is 45.1 Å². The van der Waals surface area contributed by atoms with E-state index in [1.807, 2.05) is 4.90 Å². The molecule has 2 heterocycles. The Bertz CT molecular complexity index is 279. The van der Waals surface area contributed by atoms with E-state index in [-0.39, 0.29) is 23.9 Å². The van der Waals surface area contributed by atoms with Crippen molar-refractivity contribution in [2.24, 2.45) is 5.92 Å². The summed E-state index contributed by atoms with van der Waals surface area (Å²) in [6.45, 7) is 8.63. The van der Waals surface area contributed by atoms with E-state index in [0.29, 0.717) is 5.91 Å². The van der Waals surface area contributed by atoms with Crippen LogP contribution in [0.15, 0.2) is 0 Å². The second-order valence-corrected chi connectivity index (χ2v) is 5.55. The molecule has 2 rings (SSSR count). The van der Waals surface area contributed by atoms with Crippen LogP contribution in [0.25, 0.3) is 0 Å². The molecule has 2 aliphatic rings. The van der Waals surface area contributed by atoms with E-state index in [1.54, 1.807) is 0 Å². The van der Waals surface area contributed by atoms with Gasteiger partial charge >= 0.3 is 0 Å².